The summed E-state index contributed by atoms with van der Waals surface area (Å²) < 4.78 is 32.6. The van der Waals surface area contributed by atoms with Crippen molar-refractivity contribution in [2.75, 3.05) is 19.6 Å². The Labute approximate surface area is 160 Å². The van der Waals surface area contributed by atoms with Crippen LogP contribution in [0, 0.1) is 0 Å². The second-order valence-electron chi connectivity index (χ2n) is 6.78. The topological polar surface area (TPSA) is 79.6 Å². The lowest BCUT2D eigenvalue weighted by molar-refractivity contribution is 0.0953. The Morgan fingerprint density at radius 1 is 1.07 bits per heavy atom. The number of rotatable bonds is 7. The predicted octanol–water partition coefficient (Wildman–Crippen LogP) is 3.21. The number of carbonyl (C=O) groups is 1. The van der Waals surface area contributed by atoms with Crippen molar-refractivity contribution in [3.8, 4) is 0 Å². The predicted molar refractivity (Wildman–Crippen MR) is 103 cm³/mol. The van der Waals surface area contributed by atoms with Gasteiger partial charge in [-0.3, -0.25) is 4.79 Å². The molecule has 0 atom stereocenters. The van der Waals surface area contributed by atoms with Crippen molar-refractivity contribution < 1.29 is 17.6 Å². The van der Waals surface area contributed by atoms with Gasteiger partial charge in [0.1, 0.15) is 5.76 Å². The summed E-state index contributed by atoms with van der Waals surface area (Å²) in [5.74, 6) is 0.622. The summed E-state index contributed by atoms with van der Waals surface area (Å²) in [6, 6.07) is 10.0. The fourth-order valence-corrected chi connectivity index (χ4v) is 4.81. The molecule has 0 spiro atoms. The molecule has 3 rings (SSSR count). The number of furan rings is 1. The van der Waals surface area contributed by atoms with Crippen molar-refractivity contribution in [3.63, 3.8) is 0 Å². The Balaban J connectivity index is 1.61. The van der Waals surface area contributed by atoms with E-state index in [0.29, 0.717) is 25.2 Å². The Kier molecular flexibility index (Phi) is 6.68. The summed E-state index contributed by atoms with van der Waals surface area (Å²) in [7, 11) is -3.56. The molecule has 2 aromatic rings. The highest BCUT2D eigenvalue weighted by Crippen LogP contribution is 2.21. The van der Waals surface area contributed by atoms with Crippen LogP contribution in [-0.4, -0.2) is 38.3 Å². The summed E-state index contributed by atoms with van der Waals surface area (Å²) in [6.07, 6.45) is 7.02. The zero-order chi connectivity index (χ0) is 19.1. The zero-order valence-corrected chi connectivity index (χ0v) is 16.2. The molecule has 1 aliphatic rings. The number of aryl methyl sites for hydroxylation is 1. The van der Waals surface area contributed by atoms with E-state index in [1.54, 1.807) is 28.8 Å². The monoisotopic (exact) mass is 390 g/mol. The van der Waals surface area contributed by atoms with E-state index >= 15 is 0 Å². The van der Waals surface area contributed by atoms with Crippen LogP contribution in [0.3, 0.4) is 0 Å². The fourth-order valence-electron chi connectivity index (χ4n) is 3.25. The maximum Gasteiger partial charge on any atom is 0.251 e. The minimum absolute atomic E-state index is 0.188. The Hall–Kier alpha value is -2.12. The molecule has 1 fully saturated rings. The highest BCUT2D eigenvalue weighted by molar-refractivity contribution is 7.89. The molecule has 2 heterocycles. The second kappa shape index (κ2) is 9.19. The first kappa shape index (κ1) is 19.6. The number of hydrogen-bond acceptors (Lipinski definition) is 4. The number of carbonyl (C=O) groups excluding carboxylic acids is 1. The largest absolute Gasteiger partial charge is 0.469 e. The van der Waals surface area contributed by atoms with Gasteiger partial charge in [-0.1, -0.05) is 18.9 Å². The maximum absolute atomic E-state index is 12.9. The van der Waals surface area contributed by atoms with E-state index in [1.807, 2.05) is 12.1 Å². The zero-order valence-electron chi connectivity index (χ0n) is 15.4. The van der Waals surface area contributed by atoms with Crippen LogP contribution in [0.15, 0.2) is 52.0 Å². The molecule has 0 aliphatic carbocycles. The molecule has 1 amide bonds. The van der Waals surface area contributed by atoms with Gasteiger partial charge in [0, 0.05) is 31.6 Å². The normalized spacial score (nSPS) is 16.0. The molecule has 1 aromatic heterocycles. The van der Waals surface area contributed by atoms with Crippen molar-refractivity contribution in [1.82, 2.24) is 9.62 Å². The van der Waals surface area contributed by atoms with Crippen LogP contribution in [-0.2, 0) is 16.4 Å². The van der Waals surface area contributed by atoms with Crippen LogP contribution in [0.4, 0.5) is 0 Å². The van der Waals surface area contributed by atoms with Crippen LogP contribution >= 0.6 is 0 Å². The van der Waals surface area contributed by atoms with E-state index in [1.165, 1.54) is 6.07 Å². The van der Waals surface area contributed by atoms with Gasteiger partial charge in [0.15, 0.2) is 0 Å². The molecule has 0 unspecified atom stereocenters. The van der Waals surface area contributed by atoms with Gasteiger partial charge < -0.3 is 9.73 Å². The molecule has 1 aromatic carbocycles. The summed E-state index contributed by atoms with van der Waals surface area (Å²) in [5.41, 5.74) is 0.365. The summed E-state index contributed by atoms with van der Waals surface area (Å²) >= 11 is 0. The number of benzene rings is 1. The van der Waals surface area contributed by atoms with E-state index in [2.05, 4.69) is 5.32 Å². The minimum atomic E-state index is -3.56. The van der Waals surface area contributed by atoms with Crippen molar-refractivity contribution in [2.45, 2.75) is 43.4 Å². The number of hydrogen-bond donors (Lipinski definition) is 1. The molecular formula is C20H26N2O4S. The Morgan fingerprint density at radius 2 is 1.85 bits per heavy atom. The number of nitrogens with one attached hydrogen (secondary N) is 1. The van der Waals surface area contributed by atoms with E-state index in [4.69, 9.17) is 4.42 Å². The van der Waals surface area contributed by atoms with Crippen molar-refractivity contribution >= 4 is 15.9 Å². The third-order valence-corrected chi connectivity index (χ3v) is 6.66. The van der Waals surface area contributed by atoms with E-state index in [9.17, 15) is 13.2 Å². The van der Waals surface area contributed by atoms with Crippen molar-refractivity contribution in [2.24, 2.45) is 0 Å². The van der Waals surface area contributed by atoms with Gasteiger partial charge in [0.2, 0.25) is 10.0 Å². The molecule has 0 saturated carbocycles. The molecule has 0 bridgehead atoms. The molecule has 1 aliphatic heterocycles. The van der Waals surface area contributed by atoms with Crippen LogP contribution in [0.25, 0.3) is 0 Å². The number of amides is 1. The van der Waals surface area contributed by atoms with Gasteiger partial charge in [-0.2, -0.15) is 4.31 Å². The number of nitrogens with zero attached hydrogens (tertiary/aromatic N) is 1. The van der Waals surface area contributed by atoms with Crippen LogP contribution in [0.2, 0.25) is 0 Å². The molecular weight excluding hydrogens is 364 g/mol. The average Bonchev–Trinajstić information content (AvgIpc) is 3.04. The summed E-state index contributed by atoms with van der Waals surface area (Å²) in [6.45, 7) is 1.60. The summed E-state index contributed by atoms with van der Waals surface area (Å²) in [5, 5.41) is 2.84. The van der Waals surface area contributed by atoms with Gasteiger partial charge in [-0.15, -0.1) is 0 Å². The lowest BCUT2D eigenvalue weighted by Crippen LogP contribution is -2.32. The standard InChI is InChI=1S/C20H26N2O4S/c23-20(21-12-6-9-18-10-7-15-26-18)17-8-5-11-19(16-17)27(24,25)22-13-3-1-2-4-14-22/h5,7-8,10-11,15-16H,1-4,6,9,12-14H2,(H,21,23). The summed E-state index contributed by atoms with van der Waals surface area (Å²) in [4.78, 5) is 12.6. The van der Waals surface area contributed by atoms with E-state index in [0.717, 1.165) is 44.3 Å². The third-order valence-electron chi connectivity index (χ3n) is 4.76. The van der Waals surface area contributed by atoms with Gasteiger partial charge in [-0.05, 0) is 49.6 Å². The lowest BCUT2D eigenvalue weighted by atomic mass is 10.2. The van der Waals surface area contributed by atoms with E-state index in [-0.39, 0.29) is 10.8 Å². The minimum Gasteiger partial charge on any atom is -0.469 e. The maximum atomic E-state index is 12.9. The molecule has 6 nitrogen and oxygen atoms in total. The number of sulfonamides is 1. The molecule has 0 radical (unpaired) electrons. The second-order valence-corrected chi connectivity index (χ2v) is 8.72. The average molecular weight is 391 g/mol. The SMILES string of the molecule is O=C(NCCCc1ccco1)c1cccc(S(=O)(=O)N2CCCCCC2)c1. The van der Waals surface area contributed by atoms with Crippen LogP contribution < -0.4 is 5.32 Å². The van der Waals surface area contributed by atoms with Gasteiger partial charge in [-0.25, -0.2) is 8.42 Å². The molecule has 146 valence electrons. The molecule has 1 saturated heterocycles. The molecule has 27 heavy (non-hydrogen) atoms. The Bertz CT molecular complexity index is 839. The molecule has 7 heteroatoms. The third kappa shape index (κ3) is 5.20. The van der Waals surface area contributed by atoms with Gasteiger partial charge in [0.05, 0.1) is 11.2 Å². The first-order valence-corrected chi connectivity index (χ1v) is 10.9. The van der Waals surface area contributed by atoms with Crippen molar-refractivity contribution in [3.05, 3.63) is 54.0 Å². The fraction of sp³-hybridized carbons (Fsp3) is 0.450. The smallest absolute Gasteiger partial charge is 0.251 e. The van der Waals surface area contributed by atoms with Crippen LogP contribution in [0.5, 0.6) is 0 Å². The highest BCUT2D eigenvalue weighted by Gasteiger charge is 2.25. The quantitative estimate of drug-likeness (QED) is 0.736. The Morgan fingerprint density at radius 3 is 2.56 bits per heavy atom. The van der Waals surface area contributed by atoms with Crippen LogP contribution in [0.1, 0.15) is 48.2 Å². The molecule has 1 N–H and O–H groups in total. The lowest BCUT2D eigenvalue weighted by Gasteiger charge is -2.20. The van der Waals surface area contributed by atoms with Gasteiger partial charge in [0.25, 0.3) is 5.91 Å². The van der Waals surface area contributed by atoms with Crippen molar-refractivity contribution in [1.29, 1.82) is 0 Å². The van der Waals surface area contributed by atoms with Gasteiger partial charge >= 0.3 is 0 Å². The first-order chi connectivity index (χ1) is 13.1. The highest BCUT2D eigenvalue weighted by atomic mass is 32.2. The first-order valence-electron chi connectivity index (χ1n) is 9.48. The van der Waals surface area contributed by atoms with E-state index < -0.39 is 10.0 Å².